The Morgan fingerprint density at radius 2 is 2.00 bits per heavy atom. The Kier molecular flexibility index (Phi) is 7.86. The zero-order valence-electron chi connectivity index (χ0n) is 16.3. The molecule has 1 atom stereocenters. The molecule has 28 heavy (non-hydrogen) atoms. The van der Waals surface area contributed by atoms with E-state index in [1.165, 1.54) is 0 Å². The number of halogens is 1. The van der Waals surface area contributed by atoms with E-state index >= 15 is 0 Å². The molecule has 1 amide bonds. The van der Waals surface area contributed by atoms with E-state index in [0.717, 1.165) is 39.0 Å². The van der Waals surface area contributed by atoms with Crippen LogP contribution in [0.3, 0.4) is 0 Å². The monoisotopic (exact) mass is 428 g/mol. The van der Waals surface area contributed by atoms with Crippen LogP contribution in [-0.2, 0) is 14.8 Å². The van der Waals surface area contributed by atoms with E-state index in [1.807, 2.05) is 11.8 Å². The summed E-state index contributed by atoms with van der Waals surface area (Å²) in [5.41, 5.74) is 0.570. The first kappa shape index (κ1) is 22.6. The average Bonchev–Trinajstić information content (AvgIpc) is 2.91. The van der Waals surface area contributed by atoms with Gasteiger partial charge in [-0.25, -0.2) is 8.42 Å². The van der Waals surface area contributed by atoms with Gasteiger partial charge in [-0.3, -0.25) is 14.5 Å². The van der Waals surface area contributed by atoms with Crippen molar-refractivity contribution in [3.05, 3.63) is 29.8 Å². The lowest BCUT2D eigenvalue weighted by molar-refractivity contribution is -0.132. The summed E-state index contributed by atoms with van der Waals surface area (Å²) in [6.07, 6.45) is 2.33. The number of piperidine rings is 1. The molecule has 0 radical (unpaired) electrons. The van der Waals surface area contributed by atoms with Gasteiger partial charge in [-0.1, -0.05) is 19.1 Å². The molecule has 2 heterocycles. The van der Waals surface area contributed by atoms with Crippen LogP contribution in [0.25, 0.3) is 0 Å². The number of carbonyl (C=O) groups is 1. The number of amides is 1. The van der Waals surface area contributed by atoms with Crippen molar-refractivity contribution in [2.24, 2.45) is 10.9 Å². The van der Waals surface area contributed by atoms with E-state index in [-0.39, 0.29) is 35.7 Å². The quantitative estimate of drug-likeness (QED) is 0.722. The number of sulfonamides is 1. The highest BCUT2D eigenvalue weighted by molar-refractivity contribution is 7.90. The van der Waals surface area contributed by atoms with Gasteiger partial charge >= 0.3 is 0 Å². The van der Waals surface area contributed by atoms with Gasteiger partial charge < -0.3 is 10.2 Å². The standard InChI is InChI=1S/C19H28N4O3S.ClH/c1-3-20-13-15-8-10-23(11-9-15)18(24)12-14(2)21-19-16-6-4-5-7-17(16)27(25,26)22-19;/h4-7,14-15,20H,3,8-13H2,1-2H3,(H,21,22);1H. The largest absolute Gasteiger partial charge is 0.343 e. The Bertz CT molecular complexity index is 820. The Morgan fingerprint density at radius 3 is 2.68 bits per heavy atom. The number of hydrogen-bond acceptors (Lipinski definition) is 5. The lowest BCUT2D eigenvalue weighted by Crippen LogP contribution is -2.41. The number of nitrogens with zero attached hydrogens (tertiary/aromatic N) is 2. The molecular formula is C19H29ClN4O3S. The number of nitrogens with one attached hydrogen (secondary N) is 2. The van der Waals surface area contributed by atoms with Gasteiger partial charge in [0, 0.05) is 25.1 Å². The molecule has 9 heteroatoms. The number of fused-ring (bicyclic) bond motifs is 1. The van der Waals surface area contributed by atoms with Gasteiger partial charge in [0.1, 0.15) is 5.84 Å². The molecule has 1 aromatic rings. The SMILES string of the molecule is CCNCC1CCN(C(=O)CC(C)N=C2NS(=O)(=O)c3ccccc32)CC1.Cl. The lowest BCUT2D eigenvalue weighted by atomic mass is 9.96. The van der Waals surface area contributed by atoms with Gasteiger partial charge in [0.15, 0.2) is 0 Å². The Balaban J connectivity index is 0.00000280. The van der Waals surface area contributed by atoms with Crippen molar-refractivity contribution >= 4 is 34.2 Å². The van der Waals surface area contributed by atoms with E-state index in [1.54, 1.807) is 24.3 Å². The molecule has 156 valence electrons. The molecular weight excluding hydrogens is 400 g/mol. The fraction of sp³-hybridized carbons (Fsp3) is 0.579. The topological polar surface area (TPSA) is 90.9 Å². The third-order valence-corrected chi connectivity index (χ3v) is 6.53. The van der Waals surface area contributed by atoms with Crippen LogP contribution in [0.4, 0.5) is 0 Å². The first-order chi connectivity index (χ1) is 12.9. The maximum absolute atomic E-state index is 12.6. The zero-order chi connectivity index (χ0) is 19.4. The van der Waals surface area contributed by atoms with Crippen LogP contribution < -0.4 is 10.0 Å². The number of benzene rings is 1. The maximum Gasteiger partial charge on any atom is 0.263 e. The summed E-state index contributed by atoms with van der Waals surface area (Å²) in [6.45, 7) is 7.51. The van der Waals surface area contributed by atoms with Crippen LogP contribution in [0.15, 0.2) is 34.2 Å². The second-order valence-corrected chi connectivity index (χ2v) is 8.92. The fourth-order valence-electron chi connectivity index (χ4n) is 3.61. The van der Waals surface area contributed by atoms with Gasteiger partial charge in [0.2, 0.25) is 5.91 Å². The molecule has 1 aromatic carbocycles. The van der Waals surface area contributed by atoms with Crippen molar-refractivity contribution in [3.63, 3.8) is 0 Å². The van der Waals surface area contributed by atoms with Crippen molar-refractivity contribution in [3.8, 4) is 0 Å². The number of amidine groups is 1. The summed E-state index contributed by atoms with van der Waals surface area (Å²) in [4.78, 5) is 19.2. The number of rotatable bonds is 6. The number of hydrogen-bond donors (Lipinski definition) is 2. The van der Waals surface area contributed by atoms with Crippen LogP contribution in [0.2, 0.25) is 0 Å². The molecule has 2 aliphatic rings. The highest BCUT2D eigenvalue weighted by Gasteiger charge is 2.31. The highest BCUT2D eigenvalue weighted by Crippen LogP contribution is 2.23. The van der Waals surface area contributed by atoms with Gasteiger partial charge in [-0.15, -0.1) is 12.4 Å². The molecule has 3 rings (SSSR count). The Morgan fingerprint density at radius 1 is 1.32 bits per heavy atom. The molecule has 0 bridgehead atoms. The van der Waals surface area contributed by atoms with Gasteiger partial charge in [0.25, 0.3) is 10.0 Å². The normalized spacial score (nSPS) is 20.9. The first-order valence-corrected chi connectivity index (χ1v) is 11.1. The van der Waals surface area contributed by atoms with Crippen LogP contribution >= 0.6 is 12.4 Å². The molecule has 0 aliphatic carbocycles. The predicted octanol–water partition coefficient (Wildman–Crippen LogP) is 1.77. The molecule has 2 aliphatic heterocycles. The minimum atomic E-state index is -3.55. The average molecular weight is 429 g/mol. The first-order valence-electron chi connectivity index (χ1n) is 9.59. The minimum absolute atomic E-state index is 0. The van der Waals surface area contributed by atoms with Crippen LogP contribution in [0.1, 0.15) is 38.7 Å². The lowest BCUT2D eigenvalue weighted by Gasteiger charge is -2.32. The minimum Gasteiger partial charge on any atom is -0.343 e. The van der Waals surface area contributed by atoms with Gasteiger partial charge in [-0.05, 0) is 50.9 Å². The third kappa shape index (κ3) is 5.24. The Labute approximate surface area is 173 Å². The van der Waals surface area contributed by atoms with Crippen LogP contribution in [-0.4, -0.2) is 57.3 Å². The van der Waals surface area contributed by atoms with Crippen LogP contribution in [0, 0.1) is 5.92 Å². The van der Waals surface area contributed by atoms with E-state index in [2.05, 4.69) is 22.0 Å². The maximum atomic E-state index is 12.6. The number of carbonyl (C=O) groups excluding carboxylic acids is 1. The molecule has 1 unspecified atom stereocenters. The second kappa shape index (κ2) is 9.71. The van der Waals surface area contributed by atoms with Crippen molar-refractivity contribution in [1.82, 2.24) is 14.9 Å². The molecule has 1 fully saturated rings. The van der Waals surface area contributed by atoms with E-state index in [0.29, 0.717) is 17.3 Å². The molecule has 0 saturated carbocycles. The predicted molar refractivity (Wildman–Crippen MR) is 112 cm³/mol. The van der Waals surface area contributed by atoms with Crippen molar-refractivity contribution < 1.29 is 13.2 Å². The van der Waals surface area contributed by atoms with Crippen molar-refractivity contribution in [2.45, 2.75) is 44.0 Å². The summed E-state index contributed by atoms with van der Waals surface area (Å²) in [6, 6.07) is 6.47. The molecule has 7 nitrogen and oxygen atoms in total. The van der Waals surface area contributed by atoms with Crippen molar-refractivity contribution in [1.29, 1.82) is 0 Å². The second-order valence-electron chi connectivity index (χ2n) is 7.26. The van der Waals surface area contributed by atoms with E-state index in [9.17, 15) is 13.2 Å². The van der Waals surface area contributed by atoms with Gasteiger partial charge in [0.05, 0.1) is 10.9 Å². The molecule has 1 saturated heterocycles. The third-order valence-electron chi connectivity index (χ3n) is 5.13. The summed E-state index contributed by atoms with van der Waals surface area (Å²) in [5, 5.41) is 3.37. The number of likely N-dealkylation sites (tertiary alicyclic amines) is 1. The van der Waals surface area contributed by atoms with Crippen LogP contribution in [0.5, 0.6) is 0 Å². The van der Waals surface area contributed by atoms with Crippen molar-refractivity contribution in [2.75, 3.05) is 26.2 Å². The Hall–Kier alpha value is -1.64. The summed E-state index contributed by atoms with van der Waals surface area (Å²) in [5.74, 6) is 1.05. The highest BCUT2D eigenvalue weighted by atomic mass is 35.5. The van der Waals surface area contributed by atoms with E-state index < -0.39 is 10.0 Å². The molecule has 0 spiro atoms. The van der Waals surface area contributed by atoms with Gasteiger partial charge in [-0.2, -0.15) is 0 Å². The molecule has 0 aromatic heterocycles. The smallest absolute Gasteiger partial charge is 0.263 e. The summed E-state index contributed by atoms with van der Waals surface area (Å²) < 4.78 is 26.8. The summed E-state index contributed by atoms with van der Waals surface area (Å²) >= 11 is 0. The zero-order valence-corrected chi connectivity index (χ0v) is 18.0. The summed E-state index contributed by atoms with van der Waals surface area (Å²) in [7, 11) is -3.55. The molecule has 2 N–H and O–H groups in total. The fourth-order valence-corrected chi connectivity index (χ4v) is 4.85. The van der Waals surface area contributed by atoms with E-state index in [4.69, 9.17) is 0 Å². The number of aliphatic imine (C=N–C) groups is 1.